The van der Waals surface area contributed by atoms with Crippen LogP contribution in [0.4, 0.5) is 0 Å². The van der Waals surface area contributed by atoms with Crippen LogP contribution in [-0.4, -0.2) is 46.0 Å². The van der Waals surface area contributed by atoms with E-state index in [4.69, 9.17) is 14.2 Å². The second-order valence-electron chi connectivity index (χ2n) is 5.65. The number of carbonyl (C=O) groups is 1. The highest BCUT2D eigenvalue weighted by Crippen LogP contribution is 2.21. The third kappa shape index (κ3) is 4.63. The molecular formula is C17H20N4O4. The van der Waals surface area contributed by atoms with Crippen LogP contribution in [0.15, 0.2) is 36.4 Å². The summed E-state index contributed by atoms with van der Waals surface area (Å²) in [6.07, 6.45) is 4.38. The Morgan fingerprint density at radius 1 is 1.36 bits per heavy atom. The van der Waals surface area contributed by atoms with Gasteiger partial charge in [0.2, 0.25) is 0 Å². The van der Waals surface area contributed by atoms with Crippen molar-refractivity contribution in [1.82, 2.24) is 20.2 Å². The highest BCUT2D eigenvalue weighted by Gasteiger charge is 2.22. The number of methoxy groups -OCH3 is 1. The monoisotopic (exact) mass is 344 g/mol. The summed E-state index contributed by atoms with van der Waals surface area (Å²) in [5, 5.41) is 12.6. The Balaban J connectivity index is 1.60. The summed E-state index contributed by atoms with van der Waals surface area (Å²) < 4.78 is 16.0. The maximum absolute atomic E-state index is 10.9. The van der Waals surface area contributed by atoms with Gasteiger partial charge in [-0.05, 0) is 22.9 Å². The van der Waals surface area contributed by atoms with E-state index in [0.29, 0.717) is 18.7 Å². The molecule has 25 heavy (non-hydrogen) atoms. The summed E-state index contributed by atoms with van der Waals surface area (Å²) in [7, 11) is 1.63. The maximum atomic E-state index is 10.9. The fourth-order valence-electron chi connectivity index (χ4n) is 2.47. The molecule has 2 unspecified atom stereocenters. The zero-order valence-corrected chi connectivity index (χ0v) is 14.2. The number of esters is 1. The first kappa shape index (κ1) is 17.1. The van der Waals surface area contributed by atoms with Crippen molar-refractivity contribution < 1.29 is 19.0 Å². The van der Waals surface area contributed by atoms with Crippen LogP contribution in [-0.2, 0) is 20.7 Å². The molecule has 0 bridgehead atoms. The molecule has 1 aromatic heterocycles. The van der Waals surface area contributed by atoms with E-state index < -0.39 is 0 Å². The first-order chi connectivity index (χ1) is 12.1. The lowest BCUT2D eigenvalue weighted by atomic mass is 10.1. The minimum absolute atomic E-state index is 0.176. The molecule has 0 fully saturated rings. The molecule has 1 aliphatic rings. The van der Waals surface area contributed by atoms with Crippen molar-refractivity contribution >= 4 is 5.97 Å². The average Bonchev–Trinajstić information content (AvgIpc) is 3.09. The van der Waals surface area contributed by atoms with Crippen LogP contribution in [0.2, 0.25) is 0 Å². The summed E-state index contributed by atoms with van der Waals surface area (Å²) in [6, 6.07) is 7.73. The van der Waals surface area contributed by atoms with Crippen molar-refractivity contribution in [2.24, 2.45) is 0 Å². The second kappa shape index (κ2) is 7.89. The van der Waals surface area contributed by atoms with Gasteiger partial charge in [0, 0.05) is 19.8 Å². The standard InChI is InChI=1S/C17H20N4O4/c1-12(22)24-11-15-4-3-5-17(25-15)21-19-16(18-20-21)10-13-6-8-14(23-2)9-7-13/h3-4,6-9,15,17H,5,10-11H2,1-2H3. The van der Waals surface area contributed by atoms with E-state index in [-0.39, 0.29) is 24.9 Å². The zero-order chi connectivity index (χ0) is 17.6. The van der Waals surface area contributed by atoms with E-state index in [1.807, 2.05) is 36.4 Å². The highest BCUT2D eigenvalue weighted by atomic mass is 16.6. The minimum Gasteiger partial charge on any atom is -0.497 e. The summed E-state index contributed by atoms with van der Waals surface area (Å²) in [6.45, 7) is 1.55. The first-order valence-corrected chi connectivity index (χ1v) is 8.01. The summed E-state index contributed by atoms with van der Waals surface area (Å²) in [4.78, 5) is 12.4. The summed E-state index contributed by atoms with van der Waals surface area (Å²) in [5.74, 6) is 1.08. The van der Waals surface area contributed by atoms with Gasteiger partial charge in [-0.1, -0.05) is 24.3 Å². The summed E-state index contributed by atoms with van der Waals surface area (Å²) >= 11 is 0. The SMILES string of the molecule is COc1ccc(Cc2nnn(C3CC=CC(COC(C)=O)O3)n2)cc1. The van der Waals surface area contributed by atoms with E-state index in [2.05, 4.69) is 15.4 Å². The van der Waals surface area contributed by atoms with Crippen LogP contribution >= 0.6 is 0 Å². The Morgan fingerprint density at radius 3 is 2.88 bits per heavy atom. The van der Waals surface area contributed by atoms with Gasteiger partial charge in [-0.3, -0.25) is 4.79 Å². The van der Waals surface area contributed by atoms with Crippen molar-refractivity contribution in [3.05, 3.63) is 47.8 Å². The van der Waals surface area contributed by atoms with Crippen LogP contribution in [0.25, 0.3) is 0 Å². The van der Waals surface area contributed by atoms with Crippen molar-refractivity contribution in [2.75, 3.05) is 13.7 Å². The molecule has 3 rings (SSSR count). The fourth-order valence-corrected chi connectivity index (χ4v) is 2.47. The highest BCUT2D eigenvalue weighted by molar-refractivity contribution is 5.65. The average molecular weight is 344 g/mol. The Morgan fingerprint density at radius 2 is 2.16 bits per heavy atom. The van der Waals surface area contributed by atoms with Gasteiger partial charge in [0.05, 0.1) is 7.11 Å². The second-order valence-corrected chi connectivity index (χ2v) is 5.65. The third-order valence-corrected chi connectivity index (χ3v) is 3.72. The molecule has 0 N–H and O–H groups in total. The van der Waals surface area contributed by atoms with Gasteiger partial charge in [-0.25, -0.2) is 0 Å². The Labute approximate surface area is 145 Å². The van der Waals surface area contributed by atoms with Crippen LogP contribution in [0.1, 0.15) is 31.0 Å². The van der Waals surface area contributed by atoms with Gasteiger partial charge < -0.3 is 14.2 Å². The predicted octanol–water partition coefficient (Wildman–Crippen LogP) is 1.68. The topological polar surface area (TPSA) is 88.4 Å². The molecule has 0 saturated carbocycles. The normalized spacial score (nSPS) is 19.6. The Bertz CT molecular complexity index is 741. The lowest BCUT2D eigenvalue weighted by Crippen LogP contribution is -2.28. The maximum Gasteiger partial charge on any atom is 0.302 e. The van der Waals surface area contributed by atoms with Crippen LogP contribution in [0.5, 0.6) is 5.75 Å². The van der Waals surface area contributed by atoms with E-state index in [1.54, 1.807) is 7.11 Å². The van der Waals surface area contributed by atoms with Gasteiger partial charge in [0.1, 0.15) is 18.5 Å². The van der Waals surface area contributed by atoms with Gasteiger partial charge in [-0.2, -0.15) is 0 Å². The van der Waals surface area contributed by atoms with E-state index in [9.17, 15) is 4.79 Å². The molecule has 8 nitrogen and oxygen atoms in total. The molecule has 2 atom stereocenters. The smallest absolute Gasteiger partial charge is 0.302 e. The quantitative estimate of drug-likeness (QED) is 0.582. The molecule has 1 aromatic carbocycles. The number of ether oxygens (including phenoxy) is 3. The molecule has 0 saturated heterocycles. The van der Waals surface area contributed by atoms with Crippen LogP contribution in [0, 0.1) is 0 Å². The molecule has 8 heteroatoms. The van der Waals surface area contributed by atoms with Crippen molar-refractivity contribution in [3.63, 3.8) is 0 Å². The fraction of sp³-hybridized carbons (Fsp3) is 0.412. The molecule has 132 valence electrons. The molecule has 0 radical (unpaired) electrons. The van der Waals surface area contributed by atoms with E-state index in [0.717, 1.165) is 11.3 Å². The number of hydrogen-bond acceptors (Lipinski definition) is 7. The molecule has 1 aliphatic heterocycles. The lowest BCUT2D eigenvalue weighted by molar-refractivity contribution is -0.148. The lowest BCUT2D eigenvalue weighted by Gasteiger charge is -2.24. The first-order valence-electron chi connectivity index (χ1n) is 8.01. The van der Waals surface area contributed by atoms with Gasteiger partial charge in [0.15, 0.2) is 12.1 Å². The van der Waals surface area contributed by atoms with Crippen molar-refractivity contribution in [1.29, 1.82) is 0 Å². The number of tetrazole rings is 1. The van der Waals surface area contributed by atoms with Gasteiger partial charge >= 0.3 is 5.97 Å². The van der Waals surface area contributed by atoms with E-state index in [1.165, 1.54) is 11.7 Å². The molecular weight excluding hydrogens is 324 g/mol. The number of benzene rings is 1. The van der Waals surface area contributed by atoms with Gasteiger partial charge in [0.25, 0.3) is 0 Å². The van der Waals surface area contributed by atoms with Crippen LogP contribution < -0.4 is 4.74 Å². The zero-order valence-electron chi connectivity index (χ0n) is 14.2. The third-order valence-electron chi connectivity index (χ3n) is 3.72. The molecule has 2 aromatic rings. The van der Waals surface area contributed by atoms with Gasteiger partial charge in [-0.15, -0.1) is 15.0 Å². The van der Waals surface area contributed by atoms with E-state index >= 15 is 0 Å². The minimum atomic E-state index is -0.359. The number of rotatable bonds is 6. The number of nitrogens with zero attached hydrogens (tertiary/aromatic N) is 4. The van der Waals surface area contributed by atoms with Crippen molar-refractivity contribution in [3.8, 4) is 5.75 Å². The predicted molar refractivity (Wildman–Crippen MR) is 87.9 cm³/mol. The number of carbonyl (C=O) groups excluding carboxylic acids is 1. The van der Waals surface area contributed by atoms with Crippen LogP contribution in [0.3, 0.4) is 0 Å². The molecule has 2 heterocycles. The molecule has 0 aliphatic carbocycles. The Hall–Kier alpha value is -2.74. The molecule has 0 spiro atoms. The summed E-state index contributed by atoms with van der Waals surface area (Å²) in [5.41, 5.74) is 1.07. The largest absolute Gasteiger partial charge is 0.497 e. The number of hydrogen-bond donors (Lipinski definition) is 0. The number of aromatic nitrogens is 4. The molecule has 0 amide bonds. The van der Waals surface area contributed by atoms with Crippen molar-refractivity contribution in [2.45, 2.75) is 32.1 Å². The Kier molecular flexibility index (Phi) is 5.39.